The van der Waals surface area contributed by atoms with Crippen LogP contribution < -0.4 is 5.32 Å². The van der Waals surface area contributed by atoms with Crippen LogP contribution in [0, 0.1) is 16.2 Å². The number of carbonyl (C=O) groups excluding carboxylic acids is 4. The Morgan fingerprint density at radius 2 is 1.28 bits per heavy atom. The Hall–Kier alpha value is -2.89. The van der Waals surface area contributed by atoms with Crippen molar-refractivity contribution in [1.29, 1.82) is 0 Å². The molecule has 2 heterocycles. The maximum atomic E-state index is 13.4. The number of carbonyl (C=O) groups is 5. The number of carboxylic acid groups (broad SMARTS) is 1. The van der Waals surface area contributed by atoms with E-state index in [0.717, 1.165) is 0 Å². The number of nitrogens with one attached hydrogen (secondary N) is 1. The normalized spacial score (nSPS) is 33.4. The fourth-order valence-corrected chi connectivity index (χ4v) is 4.71. The lowest BCUT2D eigenvalue weighted by molar-refractivity contribution is -0.384. The summed E-state index contributed by atoms with van der Waals surface area (Å²) >= 11 is 0. The van der Waals surface area contributed by atoms with Crippen LogP contribution >= 0.6 is 0 Å². The van der Waals surface area contributed by atoms with Gasteiger partial charge in [0.25, 0.3) is 0 Å². The number of hydrogen-bond acceptors (Lipinski definition) is 14. The van der Waals surface area contributed by atoms with Gasteiger partial charge in [0.05, 0.1) is 22.9 Å². The molecule has 270 valence electrons. The van der Waals surface area contributed by atoms with Crippen molar-refractivity contribution in [2.24, 2.45) is 16.2 Å². The minimum Gasteiger partial charge on any atom is -0.479 e. The summed E-state index contributed by atoms with van der Waals surface area (Å²) < 4.78 is 40.6. The molecular weight excluding hydrogens is 626 g/mol. The number of carboxylic acids is 1. The van der Waals surface area contributed by atoms with Gasteiger partial charge in [0.2, 0.25) is 11.7 Å². The first-order valence-electron chi connectivity index (χ1n) is 15.2. The highest BCUT2D eigenvalue weighted by molar-refractivity contribution is 5.79. The van der Waals surface area contributed by atoms with Gasteiger partial charge in [-0.25, -0.2) is 4.79 Å². The number of esters is 3. The predicted octanol–water partition coefficient (Wildman–Crippen LogP) is 0.674. The lowest BCUT2D eigenvalue weighted by atomic mass is 9.89. The molecule has 0 aromatic carbocycles. The lowest BCUT2D eigenvalue weighted by Gasteiger charge is -2.52. The molecule has 2 aliphatic rings. The molecule has 0 saturated carbocycles. The van der Waals surface area contributed by atoms with E-state index in [1.54, 1.807) is 0 Å². The second-order valence-electron chi connectivity index (χ2n) is 15.0. The molecule has 2 aliphatic heterocycles. The van der Waals surface area contributed by atoms with Gasteiger partial charge in [0.1, 0.15) is 24.4 Å². The van der Waals surface area contributed by atoms with Crippen LogP contribution in [0.25, 0.3) is 0 Å². The molecular formula is C31H51NO15. The van der Waals surface area contributed by atoms with Crippen LogP contribution in [0.15, 0.2) is 0 Å². The van der Waals surface area contributed by atoms with Crippen molar-refractivity contribution in [3.8, 4) is 0 Å². The van der Waals surface area contributed by atoms with E-state index in [0.29, 0.717) is 0 Å². The average Bonchev–Trinajstić information content (AvgIpc) is 2.91. The smallest absolute Gasteiger partial charge is 0.337 e. The van der Waals surface area contributed by atoms with Crippen molar-refractivity contribution >= 4 is 29.8 Å². The number of aliphatic hydroxyl groups excluding tert-OH is 2. The van der Waals surface area contributed by atoms with E-state index in [9.17, 15) is 39.3 Å². The molecule has 4 N–H and O–H groups in total. The number of methoxy groups -OCH3 is 1. The molecule has 0 aromatic heterocycles. The Labute approximate surface area is 274 Å². The lowest BCUT2D eigenvalue weighted by Crippen LogP contribution is -2.73. The number of hydrogen-bond donors (Lipinski definition) is 4. The van der Waals surface area contributed by atoms with Gasteiger partial charge in [-0.3, -0.25) is 19.2 Å². The topological polar surface area (TPSA) is 223 Å². The second-order valence-corrected chi connectivity index (χ2v) is 15.0. The number of ether oxygens (including phenoxy) is 7. The first-order chi connectivity index (χ1) is 21.3. The van der Waals surface area contributed by atoms with E-state index in [2.05, 4.69) is 5.32 Å². The fraction of sp³-hybridized carbons (Fsp3) is 0.839. The highest BCUT2D eigenvalue weighted by Gasteiger charge is 2.64. The summed E-state index contributed by atoms with van der Waals surface area (Å²) in [4.78, 5) is 64.9. The Balaban J connectivity index is 2.87. The van der Waals surface area contributed by atoms with Crippen LogP contribution in [0.2, 0.25) is 0 Å². The van der Waals surface area contributed by atoms with Gasteiger partial charge >= 0.3 is 23.9 Å². The van der Waals surface area contributed by atoms with Crippen LogP contribution in [0.5, 0.6) is 0 Å². The predicted molar refractivity (Wildman–Crippen MR) is 160 cm³/mol. The first kappa shape index (κ1) is 40.3. The van der Waals surface area contributed by atoms with Crippen molar-refractivity contribution in [1.82, 2.24) is 5.32 Å². The van der Waals surface area contributed by atoms with Gasteiger partial charge in [-0.2, -0.15) is 0 Å². The molecule has 0 spiro atoms. The number of aliphatic carboxylic acids is 1. The van der Waals surface area contributed by atoms with Gasteiger partial charge < -0.3 is 53.8 Å². The van der Waals surface area contributed by atoms with Crippen LogP contribution in [0.3, 0.4) is 0 Å². The Morgan fingerprint density at radius 1 is 0.809 bits per heavy atom. The first-order valence-corrected chi connectivity index (χ1v) is 15.2. The Bertz CT molecular complexity index is 1170. The molecule has 16 heteroatoms. The zero-order valence-corrected chi connectivity index (χ0v) is 29.1. The van der Waals surface area contributed by atoms with Crippen LogP contribution in [-0.4, -0.2) is 120 Å². The second kappa shape index (κ2) is 14.7. The molecule has 0 aromatic rings. The number of amides is 1. The average molecular weight is 678 g/mol. The molecule has 0 unspecified atom stereocenters. The summed E-state index contributed by atoms with van der Waals surface area (Å²) in [7, 11) is 1.24. The third-order valence-electron chi connectivity index (χ3n) is 7.43. The summed E-state index contributed by atoms with van der Waals surface area (Å²) in [6.07, 6.45) is -13.5. The Morgan fingerprint density at radius 3 is 1.68 bits per heavy atom. The molecule has 47 heavy (non-hydrogen) atoms. The molecule has 16 nitrogen and oxygen atoms in total. The molecule has 10 atom stereocenters. The monoisotopic (exact) mass is 677 g/mol. The summed E-state index contributed by atoms with van der Waals surface area (Å²) in [5, 5.41) is 34.1. The standard InChI is InChI=1S/C31H51NO15/c1-14(34)32-16-18(17(35)15(13-33)42-24(16)41-12)46-31(11)22(45-27(40)30(8,9)10)20(44-26(39)29(5,6)7)19(21(47-31)23(36)37)43-25(38)28(2,3)4/h15-22,24,33,35H,13H2,1-12H3,(H,32,34)(H,36,37)/t15-,16-,17-,18-,19+,20+,21+,22-,24+,31-/m1/s1. The van der Waals surface area contributed by atoms with Gasteiger partial charge in [-0.15, -0.1) is 0 Å². The summed E-state index contributed by atoms with van der Waals surface area (Å²) in [5.74, 6) is -7.25. The maximum absolute atomic E-state index is 13.4. The van der Waals surface area contributed by atoms with Crippen molar-refractivity contribution in [2.75, 3.05) is 13.7 Å². The van der Waals surface area contributed by atoms with E-state index >= 15 is 0 Å². The van der Waals surface area contributed by atoms with Crippen LogP contribution in [-0.2, 0) is 57.1 Å². The summed E-state index contributed by atoms with van der Waals surface area (Å²) in [5.41, 5.74) is -3.48. The van der Waals surface area contributed by atoms with Crippen molar-refractivity contribution in [2.45, 2.75) is 137 Å². The van der Waals surface area contributed by atoms with Crippen molar-refractivity contribution < 1.29 is 72.5 Å². The molecule has 2 saturated heterocycles. The zero-order valence-electron chi connectivity index (χ0n) is 29.1. The number of rotatable bonds is 9. The van der Waals surface area contributed by atoms with E-state index in [1.165, 1.54) is 83.3 Å². The SMILES string of the molecule is CO[C@H]1O[C@H](CO)[C@@H](O)[C@H](O[C@]2(C)O[C@H](C(=O)O)[C@@H](OC(=O)C(C)(C)C)[C@H](OC(=O)C(C)(C)C)[C@H]2OC(=O)C(C)(C)C)[C@H]1NC(C)=O. The fourth-order valence-electron chi connectivity index (χ4n) is 4.71. The quantitative estimate of drug-likeness (QED) is 0.195. The highest BCUT2D eigenvalue weighted by atomic mass is 16.8. The minimum absolute atomic E-state index is 0.594. The van der Waals surface area contributed by atoms with E-state index in [4.69, 9.17) is 33.2 Å². The van der Waals surface area contributed by atoms with Crippen molar-refractivity contribution in [3.05, 3.63) is 0 Å². The third-order valence-corrected chi connectivity index (χ3v) is 7.43. The minimum atomic E-state index is -2.39. The third kappa shape index (κ3) is 9.60. The molecule has 0 radical (unpaired) electrons. The summed E-state index contributed by atoms with van der Waals surface area (Å²) in [6, 6.07) is -1.29. The van der Waals surface area contributed by atoms with Crippen molar-refractivity contribution in [3.63, 3.8) is 0 Å². The molecule has 0 bridgehead atoms. The van der Waals surface area contributed by atoms with E-state index in [-0.39, 0.29) is 0 Å². The van der Waals surface area contributed by atoms with E-state index < -0.39 is 113 Å². The summed E-state index contributed by atoms with van der Waals surface area (Å²) in [6.45, 7) is 15.4. The zero-order chi connectivity index (χ0) is 36.4. The van der Waals surface area contributed by atoms with Gasteiger partial charge in [0.15, 0.2) is 30.7 Å². The van der Waals surface area contributed by atoms with Crippen LogP contribution in [0.1, 0.15) is 76.2 Å². The largest absolute Gasteiger partial charge is 0.479 e. The highest BCUT2D eigenvalue weighted by Crippen LogP contribution is 2.41. The maximum Gasteiger partial charge on any atom is 0.337 e. The molecule has 1 amide bonds. The van der Waals surface area contributed by atoms with Gasteiger partial charge in [-0.05, 0) is 69.2 Å². The van der Waals surface area contributed by atoms with E-state index in [1.807, 2.05) is 0 Å². The van der Waals surface area contributed by atoms with Gasteiger partial charge in [-0.1, -0.05) is 0 Å². The molecule has 2 fully saturated rings. The molecule has 0 aliphatic carbocycles. The Kier molecular flexibility index (Phi) is 12.6. The van der Waals surface area contributed by atoms with Gasteiger partial charge in [0, 0.05) is 14.0 Å². The van der Waals surface area contributed by atoms with Crippen LogP contribution in [0.4, 0.5) is 0 Å². The number of aliphatic hydroxyl groups is 2. The molecule has 2 rings (SSSR count).